The van der Waals surface area contributed by atoms with Crippen LogP contribution in [0.5, 0.6) is 0 Å². The minimum absolute atomic E-state index is 0.486. The van der Waals surface area contributed by atoms with Crippen molar-refractivity contribution in [3.63, 3.8) is 0 Å². The maximum Gasteiger partial charge on any atom is 0.101 e. The van der Waals surface area contributed by atoms with Gasteiger partial charge in [0, 0.05) is 26.2 Å². The number of nitrogens with zero attached hydrogens (tertiary/aromatic N) is 3. The summed E-state index contributed by atoms with van der Waals surface area (Å²) in [6.45, 7) is 3.72. The van der Waals surface area contributed by atoms with Crippen LogP contribution in [0.4, 0.5) is 5.69 Å². The molecule has 2 rings (SSSR count). The fourth-order valence-corrected chi connectivity index (χ4v) is 2.95. The standard InChI is InChI=1S/C16H24N4/c1-19(2)12-13-5-7-20(8-6-13)16-4-3-14(10-17)9-15(16)11-18/h3-4,9,13H,5-8,10,12,17H2,1-2H3. The fraction of sp³-hybridized carbons (Fsp3) is 0.562. The van der Waals surface area contributed by atoms with Crippen LogP contribution in [-0.4, -0.2) is 38.6 Å². The van der Waals surface area contributed by atoms with Crippen LogP contribution in [-0.2, 0) is 6.54 Å². The van der Waals surface area contributed by atoms with E-state index in [0.717, 1.165) is 42.4 Å². The molecule has 4 nitrogen and oxygen atoms in total. The van der Waals surface area contributed by atoms with Crippen LogP contribution >= 0.6 is 0 Å². The SMILES string of the molecule is CN(C)CC1CCN(c2ccc(CN)cc2C#N)CC1. The van der Waals surface area contributed by atoms with Crippen molar-refractivity contribution in [2.45, 2.75) is 19.4 Å². The Kier molecular flexibility index (Phi) is 4.99. The van der Waals surface area contributed by atoms with E-state index in [1.807, 2.05) is 18.2 Å². The molecule has 1 aromatic rings. The van der Waals surface area contributed by atoms with Gasteiger partial charge in [0.15, 0.2) is 0 Å². The predicted molar refractivity (Wildman–Crippen MR) is 82.5 cm³/mol. The van der Waals surface area contributed by atoms with Crippen molar-refractivity contribution in [3.8, 4) is 6.07 Å². The largest absolute Gasteiger partial charge is 0.370 e. The summed E-state index contributed by atoms with van der Waals surface area (Å²) in [5.74, 6) is 0.773. The maximum absolute atomic E-state index is 9.32. The van der Waals surface area contributed by atoms with Gasteiger partial charge in [-0.25, -0.2) is 0 Å². The fourth-order valence-electron chi connectivity index (χ4n) is 2.95. The van der Waals surface area contributed by atoms with Crippen molar-refractivity contribution in [2.75, 3.05) is 38.6 Å². The highest BCUT2D eigenvalue weighted by atomic mass is 15.1. The van der Waals surface area contributed by atoms with Crippen LogP contribution in [0.15, 0.2) is 18.2 Å². The quantitative estimate of drug-likeness (QED) is 0.908. The molecule has 108 valence electrons. The number of nitrogens with two attached hydrogens (primary N) is 1. The van der Waals surface area contributed by atoms with Crippen LogP contribution < -0.4 is 10.6 Å². The summed E-state index contributed by atoms with van der Waals surface area (Å²) < 4.78 is 0. The highest BCUT2D eigenvalue weighted by molar-refractivity contribution is 5.60. The third-order valence-electron chi connectivity index (χ3n) is 4.00. The van der Waals surface area contributed by atoms with Crippen LogP contribution in [0, 0.1) is 17.2 Å². The van der Waals surface area contributed by atoms with Gasteiger partial charge in [-0.2, -0.15) is 5.26 Å². The Labute approximate surface area is 121 Å². The van der Waals surface area contributed by atoms with E-state index in [1.54, 1.807) is 0 Å². The van der Waals surface area contributed by atoms with Crippen LogP contribution in [0.1, 0.15) is 24.0 Å². The van der Waals surface area contributed by atoms with Crippen LogP contribution in [0.2, 0.25) is 0 Å². The molecule has 0 atom stereocenters. The molecule has 2 N–H and O–H groups in total. The van der Waals surface area contributed by atoms with Gasteiger partial charge in [-0.3, -0.25) is 0 Å². The second-order valence-corrected chi connectivity index (χ2v) is 5.86. The van der Waals surface area contributed by atoms with Gasteiger partial charge in [0.25, 0.3) is 0 Å². The van der Waals surface area contributed by atoms with Gasteiger partial charge in [-0.1, -0.05) is 6.07 Å². The molecule has 1 aliphatic heterocycles. The lowest BCUT2D eigenvalue weighted by Crippen LogP contribution is -2.37. The molecule has 1 heterocycles. The van der Waals surface area contributed by atoms with Gasteiger partial charge < -0.3 is 15.5 Å². The van der Waals surface area contributed by atoms with Crippen LogP contribution in [0.25, 0.3) is 0 Å². The van der Waals surface area contributed by atoms with Crippen molar-refractivity contribution in [2.24, 2.45) is 11.7 Å². The number of piperidine rings is 1. The van der Waals surface area contributed by atoms with Gasteiger partial charge in [0.2, 0.25) is 0 Å². The highest BCUT2D eigenvalue weighted by Crippen LogP contribution is 2.27. The molecule has 0 unspecified atom stereocenters. The molecule has 1 saturated heterocycles. The first kappa shape index (κ1) is 14.8. The molecule has 0 saturated carbocycles. The Morgan fingerprint density at radius 2 is 2.05 bits per heavy atom. The number of benzene rings is 1. The van der Waals surface area contributed by atoms with Gasteiger partial charge in [-0.05, 0) is 50.6 Å². The zero-order valence-corrected chi connectivity index (χ0v) is 12.5. The average Bonchev–Trinajstić information content (AvgIpc) is 2.47. The topological polar surface area (TPSA) is 56.3 Å². The Morgan fingerprint density at radius 1 is 1.35 bits per heavy atom. The molecule has 0 radical (unpaired) electrons. The first-order valence-corrected chi connectivity index (χ1v) is 7.26. The second kappa shape index (κ2) is 6.74. The van der Waals surface area contributed by atoms with Gasteiger partial charge in [0.1, 0.15) is 6.07 Å². The van der Waals surface area contributed by atoms with E-state index in [1.165, 1.54) is 12.8 Å². The first-order chi connectivity index (χ1) is 9.63. The van der Waals surface area contributed by atoms with E-state index >= 15 is 0 Å². The summed E-state index contributed by atoms with van der Waals surface area (Å²) in [6.07, 6.45) is 2.39. The molecule has 0 amide bonds. The molecular weight excluding hydrogens is 248 g/mol. The van der Waals surface area contributed by atoms with E-state index in [0.29, 0.717) is 6.54 Å². The second-order valence-electron chi connectivity index (χ2n) is 5.86. The molecule has 20 heavy (non-hydrogen) atoms. The summed E-state index contributed by atoms with van der Waals surface area (Å²) in [5.41, 5.74) is 8.47. The summed E-state index contributed by atoms with van der Waals surface area (Å²) in [5, 5.41) is 9.32. The number of hydrogen-bond donors (Lipinski definition) is 1. The van der Waals surface area contributed by atoms with Crippen molar-refractivity contribution in [1.29, 1.82) is 5.26 Å². The monoisotopic (exact) mass is 272 g/mol. The maximum atomic E-state index is 9.32. The molecule has 4 heteroatoms. The zero-order valence-electron chi connectivity index (χ0n) is 12.5. The third kappa shape index (κ3) is 3.50. The lowest BCUT2D eigenvalue weighted by atomic mass is 9.95. The normalized spacial score (nSPS) is 16.4. The van der Waals surface area contributed by atoms with E-state index in [2.05, 4.69) is 30.0 Å². The van der Waals surface area contributed by atoms with Crippen LogP contribution in [0.3, 0.4) is 0 Å². The van der Waals surface area contributed by atoms with E-state index in [4.69, 9.17) is 5.73 Å². The summed E-state index contributed by atoms with van der Waals surface area (Å²) in [6, 6.07) is 8.30. The molecular formula is C16H24N4. The molecule has 0 bridgehead atoms. The van der Waals surface area contributed by atoms with Gasteiger partial charge in [0.05, 0.1) is 11.3 Å². The average molecular weight is 272 g/mol. The first-order valence-electron chi connectivity index (χ1n) is 7.26. The molecule has 1 fully saturated rings. The van der Waals surface area contributed by atoms with Crippen molar-refractivity contribution in [3.05, 3.63) is 29.3 Å². The predicted octanol–water partition coefficient (Wildman–Crippen LogP) is 1.79. The van der Waals surface area contributed by atoms with Crippen molar-refractivity contribution < 1.29 is 0 Å². The summed E-state index contributed by atoms with van der Waals surface area (Å²) in [4.78, 5) is 4.60. The van der Waals surface area contributed by atoms with Gasteiger partial charge in [-0.15, -0.1) is 0 Å². The molecule has 1 aliphatic rings. The Balaban J connectivity index is 2.05. The Morgan fingerprint density at radius 3 is 2.60 bits per heavy atom. The van der Waals surface area contributed by atoms with Crippen molar-refractivity contribution in [1.82, 2.24) is 4.90 Å². The number of anilines is 1. The number of nitriles is 1. The Bertz CT molecular complexity index is 482. The molecule has 0 spiro atoms. The van der Waals surface area contributed by atoms with Gasteiger partial charge >= 0.3 is 0 Å². The summed E-state index contributed by atoms with van der Waals surface area (Å²) >= 11 is 0. The summed E-state index contributed by atoms with van der Waals surface area (Å²) in [7, 11) is 4.26. The molecule has 0 aliphatic carbocycles. The van der Waals surface area contributed by atoms with E-state index in [-0.39, 0.29) is 0 Å². The zero-order chi connectivity index (χ0) is 14.5. The van der Waals surface area contributed by atoms with E-state index < -0.39 is 0 Å². The smallest absolute Gasteiger partial charge is 0.101 e. The minimum Gasteiger partial charge on any atom is -0.370 e. The molecule has 0 aromatic heterocycles. The molecule has 1 aromatic carbocycles. The number of hydrogen-bond acceptors (Lipinski definition) is 4. The lowest BCUT2D eigenvalue weighted by Gasteiger charge is -2.35. The minimum atomic E-state index is 0.486. The Hall–Kier alpha value is -1.57. The number of rotatable bonds is 4. The third-order valence-corrected chi connectivity index (χ3v) is 4.00. The lowest BCUT2D eigenvalue weighted by molar-refractivity contribution is 0.285. The van der Waals surface area contributed by atoms with E-state index in [9.17, 15) is 5.26 Å². The highest BCUT2D eigenvalue weighted by Gasteiger charge is 2.21. The van der Waals surface area contributed by atoms with Crippen molar-refractivity contribution >= 4 is 5.69 Å².